The molecule has 0 atom stereocenters. The van der Waals surface area contributed by atoms with E-state index in [-0.39, 0.29) is 17.9 Å². The summed E-state index contributed by atoms with van der Waals surface area (Å²) in [4.78, 5) is 24.9. The number of ether oxygens (including phenoxy) is 1. The summed E-state index contributed by atoms with van der Waals surface area (Å²) in [5, 5.41) is 24.0. The molecule has 31 heavy (non-hydrogen) atoms. The van der Waals surface area contributed by atoms with Crippen LogP contribution in [0, 0.1) is 10.1 Å². The molecule has 158 valence electrons. The molecule has 1 aromatic heterocycles. The number of aromatic nitrogens is 1. The molecule has 0 aliphatic rings. The maximum Gasteiger partial charge on any atom is 0.335 e. The summed E-state index contributed by atoms with van der Waals surface area (Å²) >= 11 is 9.73. The third kappa shape index (κ3) is 6.00. The first-order valence-corrected chi connectivity index (χ1v) is 9.84. The van der Waals surface area contributed by atoms with Crippen LogP contribution in [0.1, 0.15) is 21.5 Å². The number of rotatable bonds is 8. The quantitative estimate of drug-likeness (QED) is 0.247. The monoisotopic (exact) mass is 504 g/mol. The second-order valence-electron chi connectivity index (χ2n) is 6.13. The molecule has 0 unspecified atom stereocenters. The van der Waals surface area contributed by atoms with Gasteiger partial charge in [0.2, 0.25) is 0 Å². The van der Waals surface area contributed by atoms with Crippen LogP contribution in [-0.2, 0) is 6.61 Å². The maximum atomic E-state index is 10.9. The molecule has 9 nitrogen and oxygen atoms in total. The molecule has 3 rings (SSSR count). The highest BCUT2D eigenvalue weighted by molar-refractivity contribution is 9.10. The van der Waals surface area contributed by atoms with E-state index in [1.54, 1.807) is 24.3 Å². The Hall–Kier alpha value is -3.50. The van der Waals surface area contributed by atoms with Crippen molar-refractivity contribution in [2.45, 2.75) is 6.61 Å². The number of anilines is 1. The Kier molecular flexibility index (Phi) is 7.16. The lowest BCUT2D eigenvalue weighted by atomic mass is 10.1. The first kappa shape index (κ1) is 22.2. The van der Waals surface area contributed by atoms with Crippen molar-refractivity contribution in [3.63, 3.8) is 0 Å². The third-order valence-corrected chi connectivity index (χ3v) is 4.83. The molecule has 0 spiro atoms. The van der Waals surface area contributed by atoms with Gasteiger partial charge in [0.15, 0.2) is 5.75 Å². The third-order valence-electron chi connectivity index (χ3n) is 3.96. The number of hydrogen-bond donors (Lipinski definition) is 2. The number of hydrazone groups is 1. The summed E-state index contributed by atoms with van der Waals surface area (Å²) in [6, 6.07) is 12.5. The molecule has 0 radical (unpaired) electrons. The first-order valence-electron chi connectivity index (χ1n) is 8.67. The SMILES string of the molecule is O=C(O)c1ccc(COc2c(Cl)cc(/C=N\Nc3ccc([N+](=O)[O-])cn3)cc2Br)cc1. The van der Waals surface area contributed by atoms with Crippen molar-refractivity contribution in [3.05, 3.63) is 91.0 Å². The van der Waals surface area contributed by atoms with Crippen LogP contribution >= 0.6 is 27.5 Å². The van der Waals surface area contributed by atoms with E-state index in [2.05, 4.69) is 31.4 Å². The fourth-order valence-corrected chi connectivity index (χ4v) is 3.41. The number of aromatic carboxylic acids is 1. The minimum Gasteiger partial charge on any atom is -0.486 e. The Morgan fingerprint density at radius 1 is 1.29 bits per heavy atom. The molecule has 11 heteroatoms. The van der Waals surface area contributed by atoms with Gasteiger partial charge in [0.05, 0.1) is 26.2 Å². The number of nitrogens with one attached hydrogen (secondary N) is 1. The van der Waals surface area contributed by atoms with Crippen molar-refractivity contribution in [2.75, 3.05) is 5.43 Å². The van der Waals surface area contributed by atoms with Crippen molar-refractivity contribution in [1.29, 1.82) is 0 Å². The zero-order chi connectivity index (χ0) is 22.4. The number of carboxylic acid groups (broad SMARTS) is 1. The maximum absolute atomic E-state index is 10.9. The van der Waals surface area contributed by atoms with Crippen molar-refractivity contribution in [1.82, 2.24) is 4.98 Å². The zero-order valence-electron chi connectivity index (χ0n) is 15.7. The number of benzene rings is 2. The molecule has 0 saturated carbocycles. The highest BCUT2D eigenvalue weighted by Gasteiger charge is 2.10. The summed E-state index contributed by atoms with van der Waals surface area (Å²) in [5.41, 5.74) is 4.22. The molecule has 0 aliphatic carbocycles. The Labute approximate surface area is 189 Å². The molecular formula is C20H14BrClN4O5. The van der Waals surface area contributed by atoms with Gasteiger partial charge < -0.3 is 9.84 Å². The molecule has 2 N–H and O–H groups in total. The smallest absolute Gasteiger partial charge is 0.335 e. The Balaban J connectivity index is 1.63. The summed E-state index contributed by atoms with van der Waals surface area (Å²) in [6.07, 6.45) is 2.64. The molecule has 0 fully saturated rings. The van der Waals surface area contributed by atoms with Crippen LogP contribution in [0.3, 0.4) is 0 Å². The van der Waals surface area contributed by atoms with E-state index in [1.165, 1.54) is 30.5 Å². The number of pyridine rings is 1. The predicted molar refractivity (Wildman–Crippen MR) is 119 cm³/mol. The first-order chi connectivity index (χ1) is 14.8. The second-order valence-corrected chi connectivity index (χ2v) is 7.39. The van der Waals surface area contributed by atoms with Gasteiger partial charge in [-0.05, 0) is 57.4 Å². The summed E-state index contributed by atoms with van der Waals surface area (Å²) in [7, 11) is 0. The summed E-state index contributed by atoms with van der Waals surface area (Å²) < 4.78 is 6.37. The number of halogens is 2. The number of carboxylic acids is 1. The highest BCUT2D eigenvalue weighted by atomic mass is 79.9. The molecule has 0 aliphatic heterocycles. The van der Waals surface area contributed by atoms with E-state index in [4.69, 9.17) is 21.4 Å². The average Bonchev–Trinajstić information content (AvgIpc) is 2.74. The topological polar surface area (TPSA) is 127 Å². The second kappa shape index (κ2) is 10.0. The van der Waals surface area contributed by atoms with Gasteiger partial charge in [-0.15, -0.1) is 0 Å². The molecular weight excluding hydrogens is 492 g/mol. The normalized spacial score (nSPS) is 10.8. The fourth-order valence-electron chi connectivity index (χ4n) is 2.42. The highest BCUT2D eigenvalue weighted by Crippen LogP contribution is 2.34. The lowest BCUT2D eigenvalue weighted by Crippen LogP contribution is -2.00. The van der Waals surface area contributed by atoms with Gasteiger partial charge in [0, 0.05) is 6.07 Å². The largest absolute Gasteiger partial charge is 0.486 e. The van der Waals surface area contributed by atoms with Crippen LogP contribution in [-0.4, -0.2) is 27.2 Å². The minimum atomic E-state index is -0.991. The van der Waals surface area contributed by atoms with Crippen LogP contribution < -0.4 is 10.2 Å². The van der Waals surface area contributed by atoms with E-state index in [9.17, 15) is 14.9 Å². The minimum absolute atomic E-state index is 0.112. The molecule has 3 aromatic rings. The number of hydrogen-bond acceptors (Lipinski definition) is 7. The van der Waals surface area contributed by atoms with E-state index < -0.39 is 10.9 Å². The van der Waals surface area contributed by atoms with Crippen LogP contribution in [0.5, 0.6) is 5.75 Å². The van der Waals surface area contributed by atoms with Gasteiger partial charge in [-0.25, -0.2) is 9.78 Å². The van der Waals surface area contributed by atoms with E-state index in [0.29, 0.717) is 26.6 Å². The molecule has 1 heterocycles. The number of nitrogens with zero attached hydrogens (tertiary/aromatic N) is 3. The van der Waals surface area contributed by atoms with Gasteiger partial charge in [-0.2, -0.15) is 5.10 Å². The Morgan fingerprint density at radius 2 is 2.03 bits per heavy atom. The standard InChI is InChI=1S/C20H14BrClN4O5/c21-16-7-13(9-24-25-18-6-5-15(10-23-18)26(29)30)8-17(22)19(16)31-11-12-1-3-14(4-2-12)20(27)28/h1-10H,11H2,(H,23,25)(H,27,28)/b24-9-. The summed E-state index contributed by atoms with van der Waals surface area (Å²) in [5.74, 6) is -0.207. The summed E-state index contributed by atoms with van der Waals surface area (Å²) in [6.45, 7) is 0.207. The average molecular weight is 506 g/mol. The van der Waals surface area contributed by atoms with Crippen molar-refractivity contribution in [3.8, 4) is 5.75 Å². The predicted octanol–water partition coefficient (Wildman–Crippen LogP) is 5.13. The van der Waals surface area contributed by atoms with Gasteiger partial charge in [0.1, 0.15) is 18.6 Å². The zero-order valence-corrected chi connectivity index (χ0v) is 18.0. The molecule has 0 saturated heterocycles. The van der Waals surface area contributed by atoms with Crippen LogP contribution in [0.25, 0.3) is 0 Å². The van der Waals surface area contributed by atoms with Gasteiger partial charge >= 0.3 is 5.97 Å². The molecule has 0 bridgehead atoms. The van der Waals surface area contributed by atoms with Gasteiger partial charge in [0.25, 0.3) is 5.69 Å². The molecule has 0 amide bonds. The number of carbonyl (C=O) groups is 1. The van der Waals surface area contributed by atoms with E-state index >= 15 is 0 Å². The van der Waals surface area contributed by atoms with Crippen LogP contribution in [0.4, 0.5) is 11.5 Å². The van der Waals surface area contributed by atoms with Crippen molar-refractivity contribution in [2.24, 2.45) is 5.10 Å². The number of nitro groups is 1. The lowest BCUT2D eigenvalue weighted by molar-refractivity contribution is -0.385. The lowest BCUT2D eigenvalue weighted by Gasteiger charge is -2.11. The molecule has 2 aromatic carbocycles. The Bertz CT molecular complexity index is 1110. The van der Waals surface area contributed by atoms with Gasteiger partial charge in [-0.1, -0.05) is 23.7 Å². The van der Waals surface area contributed by atoms with E-state index in [0.717, 1.165) is 11.8 Å². The van der Waals surface area contributed by atoms with Gasteiger partial charge in [-0.3, -0.25) is 15.5 Å². The van der Waals surface area contributed by atoms with E-state index in [1.807, 2.05) is 0 Å². The van der Waals surface area contributed by atoms with Crippen LogP contribution in [0.15, 0.2) is 64.3 Å². The Morgan fingerprint density at radius 3 is 2.61 bits per heavy atom. The fraction of sp³-hybridized carbons (Fsp3) is 0.0500. The van der Waals surface area contributed by atoms with Crippen molar-refractivity contribution >= 4 is 51.2 Å². The van der Waals surface area contributed by atoms with Crippen molar-refractivity contribution < 1.29 is 19.6 Å². The van der Waals surface area contributed by atoms with Crippen LogP contribution in [0.2, 0.25) is 5.02 Å².